The van der Waals surface area contributed by atoms with Gasteiger partial charge in [0.25, 0.3) is 0 Å². The lowest BCUT2D eigenvalue weighted by Gasteiger charge is -2.34. The van der Waals surface area contributed by atoms with Gasteiger partial charge in [0.05, 0.1) is 5.71 Å². The molecular weight excluding hydrogens is 236 g/mol. The molecule has 96 valence electrons. The minimum Gasteiger partial charge on any atom is -0.411 e. The zero-order valence-electron chi connectivity index (χ0n) is 10.3. The maximum Gasteiger partial charge on any atom is 0.226 e. The molecule has 1 amide bonds. The van der Waals surface area contributed by atoms with Crippen molar-refractivity contribution in [3.8, 4) is 0 Å². The molecule has 0 spiro atoms. The van der Waals surface area contributed by atoms with Crippen molar-refractivity contribution in [1.29, 1.82) is 0 Å². The van der Waals surface area contributed by atoms with Crippen molar-refractivity contribution in [3.05, 3.63) is 0 Å². The first-order valence-electron chi connectivity index (χ1n) is 6.33. The zero-order valence-corrected chi connectivity index (χ0v) is 11.1. The van der Waals surface area contributed by atoms with E-state index in [9.17, 15) is 4.79 Å². The van der Waals surface area contributed by atoms with Crippen LogP contribution in [-0.4, -0.2) is 46.3 Å². The Morgan fingerprint density at radius 1 is 1.65 bits per heavy atom. The van der Waals surface area contributed by atoms with Crippen molar-refractivity contribution in [2.45, 2.75) is 26.2 Å². The van der Waals surface area contributed by atoms with E-state index in [0.717, 1.165) is 49.6 Å². The van der Waals surface area contributed by atoms with Crippen molar-refractivity contribution in [2.24, 2.45) is 17.0 Å². The van der Waals surface area contributed by atoms with Gasteiger partial charge in [-0.3, -0.25) is 4.79 Å². The molecule has 4 nitrogen and oxygen atoms in total. The van der Waals surface area contributed by atoms with Gasteiger partial charge in [-0.15, -0.1) is 0 Å². The number of oxime groups is 1. The second-order valence-electron chi connectivity index (χ2n) is 4.79. The quantitative estimate of drug-likeness (QED) is 0.606. The maximum absolute atomic E-state index is 12.3. The number of carbonyl (C=O) groups excluding carboxylic acids is 1. The number of likely N-dealkylation sites (tertiary alicyclic amines) is 1. The Morgan fingerprint density at radius 3 is 3.06 bits per heavy atom. The van der Waals surface area contributed by atoms with Crippen LogP contribution in [0.25, 0.3) is 0 Å². The van der Waals surface area contributed by atoms with Gasteiger partial charge < -0.3 is 10.1 Å². The average molecular weight is 256 g/mol. The number of thioether (sulfide) groups is 1. The van der Waals surface area contributed by atoms with Gasteiger partial charge in [-0.25, -0.2) is 0 Å². The summed E-state index contributed by atoms with van der Waals surface area (Å²) in [6.07, 6.45) is 2.68. The Labute approximate surface area is 106 Å². The summed E-state index contributed by atoms with van der Waals surface area (Å²) < 4.78 is 0. The Hall–Kier alpha value is -0.710. The molecule has 17 heavy (non-hydrogen) atoms. The van der Waals surface area contributed by atoms with Gasteiger partial charge >= 0.3 is 0 Å². The van der Waals surface area contributed by atoms with Crippen LogP contribution in [0, 0.1) is 11.8 Å². The molecule has 0 aromatic rings. The van der Waals surface area contributed by atoms with Crippen LogP contribution in [-0.2, 0) is 4.79 Å². The number of hydrogen-bond donors (Lipinski definition) is 1. The number of hydrogen-bond acceptors (Lipinski definition) is 4. The lowest BCUT2D eigenvalue weighted by atomic mass is 9.92. The lowest BCUT2D eigenvalue weighted by Crippen LogP contribution is -2.46. The highest BCUT2D eigenvalue weighted by molar-refractivity contribution is 7.99. The van der Waals surface area contributed by atoms with E-state index < -0.39 is 0 Å². The van der Waals surface area contributed by atoms with Crippen molar-refractivity contribution < 1.29 is 10.0 Å². The molecule has 0 radical (unpaired) electrons. The lowest BCUT2D eigenvalue weighted by molar-refractivity contribution is -0.135. The highest BCUT2D eigenvalue weighted by Crippen LogP contribution is 2.27. The third-order valence-electron chi connectivity index (χ3n) is 3.76. The molecule has 2 aliphatic rings. The minimum atomic E-state index is 0.227. The fraction of sp³-hybridized carbons (Fsp3) is 0.833. The fourth-order valence-corrected chi connectivity index (χ4v) is 3.81. The van der Waals surface area contributed by atoms with Gasteiger partial charge in [0.2, 0.25) is 5.91 Å². The maximum atomic E-state index is 12.3. The molecule has 2 saturated heterocycles. The molecule has 0 aliphatic carbocycles. The standard InChI is InChI=1S/C12H20N2O2S/c1-2-9-7-14(5-3-11(9)13-16)12(15)10-4-6-17-8-10/h9-10,16H,2-8H2,1H3. The summed E-state index contributed by atoms with van der Waals surface area (Å²) in [6.45, 7) is 3.53. The van der Waals surface area contributed by atoms with Crippen LogP contribution in [0.1, 0.15) is 26.2 Å². The van der Waals surface area contributed by atoms with Gasteiger partial charge in [0, 0.05) is 37.1 Å². The highest BCUT2D eigenvalue weighted by Gasteiger charge is 2.32. The van der Waals surface area contributed by atoms with E-state index in [2.05, 4.69) is 12.1 Å². The molecule has 0 saturated carbocycles. The third kappa shape index (κ3) is 2.76. The first-order valence-corrected chi connectivity index (χ1v) is 7.49. The summed E-state index contributed by atoms with van der Waals surface area (Å²) in [5.41, 5.74) is 0.859. The molecule has 0 bridgehead atoms. The molecular formula is C12H20N2O2S. The molecule has 1 N–H and O–H groups in total. The number of piperidine rings is 1. The first-order chi connectivity index (χ1) is 8.26. The van der Waals surface area contributed by atoms with E-state index in [1.54, 1.807) is 0 Å². The fourth-order valence-electron chi connectivity index (χ4n) is 2.60. The SMILES string of the molecule is CCC1CN(C(=O)C2CCSC2)CCC1=NO. The third-order valence-corrected chi connectivity index (χ3v) is 4.92. The van der Waals surface area contributed by atoms with Crippen LogP contribution in [0.3, 0.4) is 0 Å². The van der Waals surface area contributed by atoms with E-state index in [0.29, 0.717) is 5.91 Å². The Kier molecular flexibility index (Phi) is 4.31. The van der Waals surface area contributed by atoms with Crippen molar-refractivity contribution >= 4 is 23.4 Å². The van der Waals surface area contributed by atoms with Crippen LogP contribution in [0.4, 0.5) is 0 Å². The summed E-state index contributed by atoms with van der Waals surface area (Å²) in [5.74, 6) is 2.88. The average Bonchev–Trinajstić information content (AvgIpc) is 2.90. The Morgan fingerprint density at radius 2 is 2.47 bits per heavy atom. The smallest absolute Gasteiger partial charge is 0.226 e. The summed E-state index contributed by atoms with van der Waals surface area (Å²) in [4.78, 5) is 14.2. The Bertz CT molecular complexity index is 314. The van der Waals surface area contributed by atoms with Crippen LogP contribution >= 0.6 is 11.8 Å². The highest BCUT2D eigenvalue weighted by atomic mass is 32.2. The molecule has 2 rings (SSSR count). The summed E-state index contributed by atoms with van der Waals surface area (Å²) in [5, 5.41) is 12.3. The van der Waals surface area contributed by atoms with Crippen molar-refractivity contribution in [1.82, 2.24) is 4.90 Å². The topological polar surface area (TPSA) is 52.9 Å². The zero-order chi connectivity index (χ0) is 12.3. The van der Waals surface area contributed by atoms with E-state index in [-0.39, 0.29) is 11.8 Å². The van der Waals surface area contributed by atoms with Crippen LogP contribution < -0.4 is 0 Å². The second kappa shape index (κ2) is 5.76. The summed E-state index contributed by atoms with van der Waals surface area (Å²) in [6, 6.07) is 0. The van der Waals surface area contributed by atoms with Crippen LogP contribution in [0.2, 0.25) is 0 Å². The van der Waals surface area contributed by atoms with Gasteiger partial charge in [-0.2, -0.15) is 11.8 Å². The first kappa shape index (κ1) is 12.7. The van der Waals surface area contributed by atoms with Gasteiger partial charge in [-0.05, 0) is 18.6 Å². The van der Waals surface area contributed by atoms with E-state index in [1.165, 1.54) is 0 Å². The van der Waals surface area contributed by atoms with Gasteiger partial charge in [0.15, 0.2) is 0 Å². The number of carbonyl (C=O) groups is 1. The van der Waals surface area contributed by atoms with Crippen molar-refractivity contribution in [2.75, 3.05) is 24.6 Å². The largest absolute Gasteiger partial charge is 0.411 e. The molecule has 2 atom stereocenters. The predicted octanol–water partition coefficient (Wildman–Crippen LogP) is 1.83. The number of amides is 1. The molecule has 2 heterocycles. The van der Waals surface area contributed by atoms with Crippen molar-refractivity contribution in [3.63, 3.8) is 0 Å². The normalized spacial score (nSPS) is 32.1. The van der Waals surface area contributed by atoms with E-state index >= 15 is 0 Å². The number of nitrogens with zero attached hydrogens (tertiary/aromatic N) is 2. The van der Waals surface area contributed by atoms with E-state index in [4.69, 9.17) is 5.21 Å². The van der Waals surface area contributed by atoms with Gasteiger partial charge in [0.1, 0.15) is 0 Å². The molecule has 2 aliphatic heterocycles. The van der Waals surface area contributed by atoms with Crippen LogP contribution in [0.15, 0.2) is 5.16 Å². The molecule has 0 aromatic heterocycles. The molecule has 0 aromatic carbocycles. The van der Waals surface area contributed by atoms with Crippen LogP contribution in [0.5, 0.6) is 0 Å². The number of rotatable bonds is 2. The molecule has 2 unspecified atom stereocenters. The summed E-state index contributed by atoms with van der Waals surface area (Å²) >= 11 is 1.87. The monoisotopic (exact) mass is 256 g/mol. The second-order valence-corrected chi connectivity index (χ2v) is 5.94. The molecule has 5 heteroatoms. The Balaban J connectivity index is 1.96. The minimum absolute atomic E-state index is 0.227. The predicted molar refractivity (Wildman–Crippen MR) is 69.6 cm³/mol. The van der Waals surface area contributed by atoms with Gasteiger partial charge in [-0.1, -0.05) is 12.1 Å². The molecule has 2 fully saturated rings. The van der Waals surface area contributed by atoms with E-state index in [1.807, 2.05) is 16.7 Å². The summed E-state index contributed by atoms with van der Waals surface area (Å²) in [7, 11) is 0.